The van der Waals surface area contributed by atoms with E-state index < -0.39 is 0 Å². The molecule has 7 nitrogen and oxygen atoms in total. The van der Waals surface area contributed by atoms with Crippen molar-refractivity contribution in [1.82, 2.24) is 10.3 Å². The number of aryl methyl sites for hydroxylation is 2. The summed E-state index contributed by atoms with van der Waals surface area (Å²) in [4.78, 5) is 11.9. The predicted octanol–water partition coefficient (Wildman–Crippen LogP) is 3.63. The molecule has 136 valence electrons. The third kappa shape index (κ3) is 4.11. The molecule has 2 heterocycles. The van der Waals surface area contributed by atoms with Crippen molar-refractivity contribution in [3.05, 3.63) is 53.0 Å². The maximum Gasteiger partial charge on any atom is 0.306 e. The Morgan fingerprint density at radius 1 is 1.12 bits per heavy atom. The zero-order valence-corrected chi connectivity index (χ0v) is 14.9. The van der Waals surface area contributed by atoms with Crippen LogP contribution in [0.2, 0.25) is 0 Å². The Morgan fingerprint density at radius 3 is 2.54 bits per heavy atom. The average molecular weight is 356 g/mol. The van der Waals surface area contributed by atoms with Crippen molar-refractivity contribution in [1.29, 1.82) is 0 Å². The third-order valence-electron chi connectivity index (χ3n) is 4.07. The van der Waals surface area contributed by atoms with E-state index in [9.17, 15) is 4.79 Å². The average Bonchev–Trinajstić information content (AvgIpc) is 3.25. The fraction of sp³-hybridized carbons (Fsp3) is 0.316. The van der Waals surface area contributed by atoms with Gasteiger partial charge in [-0.2, -0.15) is 0 Å². The summed E-state index contributed by atoms with van der Waals surface area (Å²) in [6.45, 7) is 3.75. The van der Waals surface area contributed by atoms with Crippen LogP contribution in [0.15, 0.2) is 39.4 Å². The summed E-state index contributed by atoms with van der Waals surface area (Å²) in [6.07, 6.45) is 0.794. The van der Waals surface area contributed by atoms with Crippen molar-refractivity contribution in [2.45, 2.75) is 33.3 Å². The molecule has 0 bridgehead atoms. The molecule has 1 aromatic carbocycles. The van der Waals surface area contributed by atoms with Crippen molar-refractivity contribution in [3.8, 4) is 17.1 Å². The third-order valence-corrected chi connectivity index (χ3v) is 4.07. The van der Waals surface area contributed by atoms with Crippen LogP contribution in [0.4, 0.5) is 0 Å². The Balaban J connectivity index is 1.52. The van der Waals surface area contributed by atoms with Gasteiger partial charge in [0.05, 0.1) is 12.8 Å². The highest BCUT2D eigenvalue weighted by Crippen LogP contribution is 2.23. The summed E-state index contributed by atoms with van der Waals surface area (Å²) < 4.78 is 20.8. The van der Waals surface area contributed by atoms with E-state index in [-0.39, 0.29) is 19.0 Å². The first-order valence-electron chi connectivity index (χ1n) is 8.24. The number of benzene rings is 1. The molecule has 0 atom stereocenters. The molecule has 0 unspecified atom stereocenters. The van der Waals surface area contributed by atoms with Crippen LogP contribution in [0.25, 0.3) is 11.3 Å². The molecule has 0 radical (unpaired) electrons. The highest BCUT2D eigenvalue weighted by Gasteiger charge is 2.13. The van der Waals surface area contributed by atoms with Crippen LogP contribution in [0.1, 0.15) is 29.1 Å². The quantitative estimate of drug-likeness (QED) is 0.597. The molecule has 0 aliphatic heterocycles. The number of rotatable bonds is 7. The van der Waals surface area contributed by atoms with E-state index in [0.717, 1.165) is 28.3 Å². The Hall–Kier alpha value is -3.09. The lowest BCUT2D eigenvalue weighted by atomic mass is 10.1. The molecule has 0 spiro atoms. The molecule has 2 aromatic heterocycles. The van der Waals surface area contributed by atoms with Gasteiger partial charge in [-0.25, -0.2) is 0 Å². The van der Waals surface area contributed by atoms with Crippen LogP contribution in [-0.4, -0.2) is 23.4 Å². The van der Waals surface area contributed by atoms with Crippen LogP contribution >= 0.6 is 0 Å². The maximum atomic E-state index is 11.9. The summed E-state index contributed by atoms with van der Waals surface area (Å²) >= 11 is 0. The first-order valence-corrected chi connectivity index (χ1v) is 8.24. The molecular weight excluding hydrogens is 336 g/mol. The minimum atomic E-state index is -0.306. The standard InChI is InChI=1S/C19H20N2O5/c1-12-17(13(2)25-20-12)8-9-19(22)24-11-15-10-18(26-21-15)14-4-6-16(23-3)7-5-14/h4-7,10H,8-9,11H2,1-3H3. The lowest BCUT2D eigenvalue weighted by Gasteiger charge is -2.02. The molecule has 0 saturated carbocycles. The van der Waals surface area contributed by atoms with Gasteiger partial charge in [0.25, 0.3) is 0 Å². The zero-order chi connectivity index (χ0) is 18.5. The fourth-order valence-corrected chi connectivity index (χ4v) is 2.58. The van der Waals surface area contributed by atoms with E-state index in [1.807, 2.05) is 38.1 Å². The lowest BCUT2D eigenvalue weighted by Crippen LogP contribution is -2.06. The van der Waals surface area contributed by atoms with Gasteiger partial charge in [0.1, 0.15) is 23.8 Å². The number of hydrogen-bond donors (Lipinski definition) is 0. The zero-order valence-electron chi connectivity index (χ0n) is 14.9. The van der Waals surface area contributed by atoms with Gasteiger partial charge in [-0.3, -0.25) is 4.79 Å². The fourth-order valence-electron chi connectivity index (χ4n) is 2.58. The number of carbonyl (C=O) groups excluding carboxylic acids is 1. The van der Waals surface area contributed by atoms with Gasteiger partial charge < -0.3 is 18.5 Å². The number of esters is 1. The maximum absolute atomic E-state index is 11.9. The summed E-state index contributed by atoms with van der Waals surface area (Å²) in [5, 5.41) is 7.81. The van der Waals surface area contributed by atoms with Gasteiger partial charge in [0.2, 0.25) is 0 Å². The number of carbonyl (C=O) groups is 1. The van der Waals surface area contributed by atoms with E-state index in [2.05, 4.69) is 10.3 Å². The van der Waals surface area contributed by atoms with Gasteiger partial charge in [-0.05, 0) is 44.5 Å². The summed E-state index contributed by atoms with van der Waals surface area (Å²) in [5.41, 5.74) is 3.18. The van der Waals surface area contributed by atoms with Crippen LogP contribution in [0, 0.1) is 13.8 Å². The van der Waals surface area contributed by atoms with Gasteiger partial charge >= 0.3 is 5.97 Å². The molecule has 0 N–H and O–H groups in total. The van der Waals surface area contributed by atoms with Gasteiger partial charge in [0, 0.05) is 23.6 Å². The Labute approximate surface area is 150 Å². The van der Waals surface area contributed by atoms with Crippen LogP contribution in [0.5, 0.6) is 5.75 Å². The van der Waals surface area contributed by atoms with Crippen molar-refractivity contribution < 1.29 is 23.3 Å². The van der Waals surface area contributed by atoms with Gasteiger partial charge in [-0.1, -0.05) is 10.3 Å². The molecule has 3 rings (SSSR count). The highest BCUT2D eigenvalue weighted by molar-refractivity contribution is 5.69. The predicted molar refractivity (Wildman–Crippen MR) is 92.6 cm³/mol. The SMILES string of the molecule is COc1ccc(-c2cc(COC(=O)CCc3c(C)noc3C)no2)cc1. The minimum Gasteiger partial charge on any atom is -0.497 e. The van der Waals surface area contributed by atoms with Crippen molar-refractivity contribution in [3.63, 3.8) is 0 Å². The van der Waals surface area contributed by atoms with Crippen molar-refractivity contribution >= 4 is 5.97 Å². The summed E-state index contributed by atoms with van der Waals surface area (Å²) in [7, 11) is 1.61. The largest absolute Gasteiger partial charge is 0.497 e. The molecule has 0 aliphatic carbocycles. The highest BCUT2D eigenvalue weighted by atomic mass is 16.5. The Kier molecular flexibility index (Phi) is 5.36. The summed E-state index contributed by atoms with van der Waals surface area (Å²) in [6, 6.07) is 9.18. The van der Waals surface area contributed by atoms with Crippen molar-refractivity contribution in [2.75, 3.05) is 7.11 Å². The first kappa shape index (κ1) is 17.7. The Morgan fingerprint density at radius 2 is 1.88 bits per heavy atom. The molecule has 0 amide bonds. The lowest BCUT2D eigenvalue weighted by molar-refractivity contribution is -0.145. The second kappa shape index (κ2) is 7.86. The normalized spacial score (nSPS) is 10.7. The molecular formula is C19H20N2O5. The van der Waals surface area contributed by atoms with Crippen molar-refractivity contribution in [2.24, 2.45) is 0 Å². The summed E-state index contributed by atoms with van der Waals surface area (Å²) in [5.74, 6) is 1.80. The van der Waals surface area contributed by atoms with Crippen LogP contribution < -0.4 is 4.74 Å². The second-order valence-corrected chi connectivity index (χ2v) is 5.87. The molecule has 0 aliphatic rings. The topological polar surface area (TPSA) is 87.6 Å². The van der Waals surface area contributed by atoms with E-state index in [1.165, 1.54) is 0 Å². The van der Waals surface area contributed by atoms with Gasteiger partial charge in [0.15, 0.2) is 5.76 Å². The van der Waals surface area contributed by atoms with Crippen LogP contribution in [0.3, 0.4) is 0 Å². The molecule has 0 fully saturated rings. The number of nitrogens with zero attached hydrogens (tertiary/aromatic N) is 2. The minimum absolute atomic E-state index is 0.0695. The Bertz CT molecular complexity index is 860. The van der Waals surface area contributed by atoms with E-state index in [0.29, 0.717) is 17.9 Å². The number of hydrogen-bond acceptors (Lipinski definition) is 7. The van der Waals surface area contributed by atoms with Crippen LogP contribution in [-0.2, 0) is 22.6 Å². The molecule has 0 saturated heterocycles. The second-order valence-electron chi connectivity index (χ2n) is 5.87. The van der Waals surface area contributed by atoms with E-state index in [1.54, 1.807) is 13.2 Å². The number of aromatic nitrogens is 2. The van der Waals surface area contributed by atoms with Gasteiger partial charge in [-0.15, -0.1) is 0 Å². The number of ether oxygens (including phenoxy) is 2. The number of methoxy groups -OCH3 is 1. The smallest absolute Gasteiger partial charge is 0.306 e. The molecule has 26 heavy (non-hydrogen) atoms. The van der Waals surface area contributed by atoms with E-state index >= 15 is 0 Å². The molecule has 7 heteroatoms. The first-order chi connectivity index (χ1) is 12.6. The van der Waals surface area contributed by atoms with E-state index in [4.69, 9.17) is 18.5 Å². The molecule has 3 aromatic rings. The monoisotopic (exact) mass is 356 g/mol.